The number of thiophene rings is 1. The quantitative estimate of drug-likeness (QED) is 0.158. The molecule has 7 heteroatoms. The van der Waals surface area contributed by atoms with Crippen molar-refractivity contribution in [2.75, 3.05) is 0 Å². The second-order valence-corrected chi connectivity index (χ2v) is 9.92. The fourth-order valence-electron chi connectivity index (χ4n) is 4.54. The van der Waals surface area contributed by atoms with E-state index in [-0.39, 0.29) is 6.61 Å². The van der Waals surface area contributed by atoms with Gasteiger partial charge in [0, 0.05) is 22.4 Å². The minimum absolute atomic E-state index is 0.0301. The van der Waals surface area contributed by atoms with Crippen LogP contribution in [0.2, 0.25) is 0 Å². The summed E-state index contributed by atoms with van der Waals surface area (Å²) in [4.78, 5) is 26.6. The first-order chi connectivity index (χ1) is 17.5. The van der Waals surface area contributed by atoms with E-state index >= 15 is 0 Å². The molecule has 0 saturated heterocycles. The topological polar surface area (TPSA) is 74.3 Å². The Labute approximate surface area is 210 Å². The molecule has 0 unspecified atom stereocenters. The first kappa shape index (κ1) is 22.2. The highest BCUT2D eigenvalue weighted by Crippen LogP contribution is 2.31. The first-order valence-electron chi connectivity index (χ1n) is 11.6. The van der Waals surface area contributed by atoms with Gasteiger partial charge < -0.3 is 9.15 Å². The van der Waals surface area contributed by atoms with Gasteiger partial charge in [0.2, 0.25) is 0 Å². The van der Waals surface area contributed by atoms with Crippen LogP contribution in [-0.2, 0) is 17.9 Å². The van der Waals surface area contributed by atoms with Gasteiger partial charge in [-0.3, -0.25) is 4.68 Å². The highest BCUT2D eigenvalue weighted by molar-refractivity contribution is 7.20. The first-order valence-corrected chi connectivity index (χ1v) is 12.4. The van der Waals surface area contributed by atoms with Gasteiger partial charge in [-0.15, -0.1) is 11.3 Å². The Morgan fingerprint density at radius 3 is 2.64 bits per heavy atom. The van der Waals surface area contributed by atoms with Gasteiger partial charge in [0.05, 0.1) is 12.2 Å². The number of fused-ring (bicyclic) bond motifs is 4. The number of carbonyl (C=O) groups is 1. The van der Waals surface area contributed by atoms with E-state index in [0.717, 1.165) is 37.6 Å². The normalized spacial score (nSPS) is 11.5. The zero-order valence-corrected chi connectivity index (χ0v) is 20.6. The van der Waals surface area contributed by atoms with Gasteiger partial charge in [0.15, 0.2) is 0 Å². The van der Waals surface area contributed by atoms with Gasteiger partial charge in [-0.25, -0.2) is 9.59 Å². The predicted molar refractivity (Wildman–Crippen MR) is 142 cm³/mol. The summed E-state index contributed by atoms with van der Waals surface area (Å²) < 4.78 is 13.0. The molecule has 3 heterocycles. The van der Waals surface area contributed by atoms with Crippen LogP contribution in [0.3, 0.4) is 0 Å². The molecule has 0 atom stereocenters. The number of hydrogen-bond donors (Lipinski definition) is 0. The lowest BCUT2D eigenvalue weighted by atomic mass is 10.0. The van der Waals surface area contributed by atoms with Crippen LogP contribution >= 0.6 is 11.3 Å². The summed E-state index contributed by atoms with van der Waals surface area (Å²) in [5, 5.41) is 8.34. The zero-order chi connectivity index (χ0) is 24.8. The molecule has 6 aromatic rings. The maximum Gasteiger partial charge on any atom is 0.348 e. The second kappa shape index (κ2) is 8.77. The summed E-state index contributed by atoms with van der Waals surface area (Å²) in [5.74, 6) is -0.431. The molecule has 0 bridgehead atoms. The molecule has 0 aliphatic heterocycles. The molecule has 178 valence electrons. The van der Waals surface area contributed by atoms with Crippen molar-refractivity contribution in [1.29, 1.82) is 0 Å². The third-order valence-electron chi connectivity index (χ3n) is 6.33. The van der Waals surface area contributed by atoms with Crippen molar-refractivity contribution in [2.45, 2.75) is 27.0 Å². The lowest BCUT2D eigenvalue weighted by Gasteiger charge is -2.09. The van der Waals surface area contributed by atoms with Gasteiger partial charge in [-0.05, 0) is 42.3 Å². The smallest absolute Gasteiger partial charge is 0.348 e. The van der Waals surface area contributed by atoms with Crippen LogP contribution in [0.4, 0.5) is 0 Å². The molecule has 0 fully saturated rings. The molecule has 0 spiro atoms. The summed E-state index contributed by atoms with van der Waals surface area (Å²) in [7, 11) is 0. The second-order valence-electron chi connectivity index (χ2n) is 8.88. The van der Waals surface area contributed by atoms with E-state index in [1.807, 2.05) is 48.0 Å². The van der Waals surface area contributed by atoms with Crippen molar-refractivity contribution in [3.63, 3.8) is 0 Å². The lowest BCUT2D eigenvalue weighted by molar-refractivity contribution is 0.0480. The van der Waals surface area contributed by atoms with Gasteiger partial charge in [0.25, 0.3) is 0 Å². The van der Waals surface area contributed by atoms with Crippen LogP contribution in [0, 0.1) is 13.8 Å². The maximum atomic E-state index is 13.0. The van der Waals surface area contributed by atoms with Crippen molar-refractivity contribution >= 4 is 49.3 Å². The average molecular weight is 495 g/mol. The molecule has 0 aliphatic rings. The minimum atomic E-state index is -0.475. The number of ether oxygens (including phenoxy) is 1. The third kappa shape index (κ3) is 3.97. The Morgan fingerprint density at radius 1 is 1.00 bits per heavy atom. The lowest BCUT2D eigenvalue weighted by Crippen LogP contribution is -2.07. The van der Waals surface area contributed by atoms with Crippen LogP contribution in [0.5, 0.6) is 0 Å². The van der Waals surface area contributed by atoms with Gasteiger partial charge in [-0.2, -0.15) is 5.10 Å². The van der Waals surface area contributed by atoms with Gasteiger partial charge in [0.1, 0.15) is 21.9 Å². The summed E-state index contributed by atoms with van der Waals surface area (Å²) in [6.07, 6.45) is 0. The summed E-state index contributed by atoms with van der Waals surface area (Å²) >= 11 is 1.37. The van der Waals surface area contributed by atoms with E-state index < -0.39 is 11.6 Å². The molecule has 3 aromatic heterocycles. The molecule has 3 aromatic carbocycles. The molecule has 6 rings (SSSR count). The van der Waals surface area contributed by atoms with E-state index in [9.17, 15) is 9.59 Å². The fraction of sp³-hybridized carbons (Fsp3) is 0.138. The molecule has 0 aliphatic carbocycles. The minimum Gasteiger partial charge on any atom is -0.457 e. The standard InChI is InChI=1S/C29H22N2O4S/c1-17-7-9-19(10-8-17)15-31-28-23(18(2)30-31)14-25(36-28)29(33)34-16-21-13-26(32)35-24-12-11-20-5-3-4-6-22(20)27(21)24/h3-14H,15-16H2,1-2H3. The van der Waals surface area contributed by atoms with E-state index in [1.165, 1.54) is 23.0 Å². The number of hydrogen-bond acceptors (Lipinski definition) is 6. The third-order valence-corrected chi connectivity index (χ3v) is 7.46. The number of esters is 1. The van der Waals surface area contributed by atoms with Gasteiger partial charge >= 0.3 is 11.6 Å². The Kier molecular flexibility index (Phi) is 5.42. The Balaban J connectivity index is 1.30. The SMILES string of the molecule is Cc1ccc(Cn2nc(C)c3cc(C(=O)OCc4cc(=O)oc5ccc6ccccc6c45)sc32)cc1. The Hall–Kier alpha value is -4.23. The Morgan fingerprint density at radius 2 is 1.81 bits per heavy atom. The van der Waals surface area contributed by atoms with E-state index in [4.69, 9.17) is 9.15 Å². The Bertz CT molecular complexity index is 1830. The monoisotopic (exact) mass is 494 g/mol. The largest absolute Gasteiger partial charge is 0.457 e. The average Bonchev–Trinajstić information content (AvgIpc) is 3.44. The van der Waals surface area contributed by atoms with Crippen LogP contribution in [-0.4, -0.2) is 15.7 Å². The van der Waals surface area contributed by atoms with Crippen LogP contribution in [0.1, 0.15) is 32.1 Å². The van der Waals surface area contributed by atoms with Crippen molar-refractivity contribution in [1.82, 2.24) is 9.78 Å². The maximum absolute atomic E-state index is 13.0. The van der Waals surface area contributed by atoms with E-state index in [1.54, 1.807) is 6.07 Å². The molecule has 0 amide bonds. The van der Waals surface area contributed by atoms with Crippen molar-refractivity contribution in [3.8, 4) is 0 Å². The fourth-order valence-corrected chi connectivity index (χ4v) is 5.59. The van der Waals surface area contributed by atoms with E-state index in [0.29, 0.717) is 22.6 Å². The molecular formula is C29H22N2O4S. The van der Waals surface area contributed by atoms with E-state index in [2.05, 4.69) is 36.3 Å². The molecule has 0 radical (unpaired) electrons. The van der Waals surface area contributed by atoms with Crippen LogP contribution < -0.4 is 5.63 Å². The highest BCUT2D eigenvalue weighted by Gasteiger charge is 2.19. The molecule has 6 nitrogen and oxygen atoms in total. The zero-order valence-electron chi connectivity index (χ0n) is 19.8. The molecular weight excluding hydrogens is 472 g/mol. The molecule has 36 heavy (non-hydrogen) atoms. The summed E-state index contributed by atoms with van der Waals surface area (Å²) in [6.45, 7) is 4.59. The van der Waals surface area contributed by atoms with Crippen molar-refractivity contribution < 1.29 is 13.9 Å². The highest BCUT2D eigenvalue weighted by atomic mass is 32.1. The number of benzene rings is 3. The summed E-state index contributed by atoms with van der Waals surface area (Å²) in [6, 6.07) is 23.1. The summed E-state index contributed by atoms with van der Waals surface area (Å²) in [5.41, 5.74) is 3.83. The number of rotatable bonds is 5. The predicted octanol–water partition coefficient (Wildman–Crippen LogP) is 6.38. The number of carbonyl (C=O) groups excluding carboxylic acids is 1. The van der Waals surface area contributed by atoms with Gasteiger partial charge in [-0.1, -0.05) is 60.2 Å². The number of aryl methyl sites for hydroxylation is 2. The number of aromatic nitrogens is 2. The van der Waals surface area contributed by atoms with Crippen molar-refractivity contribution in [2.24, 2.45) is 0 Å². The van der Waals surface area contributed by atoms with Crippen molar-refractivity contribution in [3.05, 3.63) is 110 Å². The molecule has 0 saturated carbocycles. The van der Waals surface area contributed by atoms with Crippen LogP contribution in [0.15, 0.2) is 82.0 Å². The molecule has 0 N–H and O–H groups in total. The van der Waals surface area contributed by atoms with Crippen LogP contribution in [0.25, 0.3) is 32.0 Å². The number of nitrogens with zero attached hydrogens (tertiary/aromatic N) is 2.